The Bertz CT molecular complexity index is 1070. The molecule has 2 aliphatic rings. The Morgan fingerprint density at radius 3 is 2.41 bits per heavy atom. The monoisotopic (exact) mass is 462 g/mol. The van der Waals surface area contributed by atoms with E-state index in [9.17, 15) is 14.7 Å². The fraction of sp³-hybridized carbons (Fsp3) is 0.333. The van der Waals surface area contributed by atoms with Crippen LogP contribution in [0.25, 0.3) is 5.76 Å². The highest BCUT2D eigenvalue weighted by atomic mass is 16.5. The molecule has 2 aliphatic heterocycles. The molecule has 2 aromatic carbocycles. The molecule has 0 aromatic heterocycles. The molecule has 2 fully saturated rings. The minimum absolute atomic E-state index is 0.107. The molecular weight excluding hydrogens is 432 g/mol. The van der Waals surface area contributed by atoms with Crippen molar-refractivity contribution in [3.8, 4) is 5.75 Å². The van der Waals surface area contributed by atoms with Crippen LogP contribution in [0.1, 0.15) is 22.7 Å². The van der Waals surface area contributed by atoms with Gasteiger partial charge in [-0.1, -0.05) is 54.6 Å². The van der Waals surface area contributed by atoms with E-state index in [2.05, 4.69) is 11.5 Å². The quantitative estimate of drug-likeness (QED) is 0.281. The van der Waals surface area contributed by atoms with E-state index in [4.69, 9.17) is 9.47 Å². The predicted molar refractivity (Wildman–Crippen MR) is 130 cm³/mol. The van der Waals surface area contributed by atoms with Gasteiger partial charge in [0.05, 0.1) is 24.8 Å². The van der Waals surface area contributed by atoms with Crippen LogP contribution in [0, 0.1) is 6.92 Å². The maximum Gasteiger partial charge on any atom is 0.295 e. The number of hydrogen-bond donors (Lipinski definition) is 1. The number of aliphatic hydroxyl groups is 1. The number of nitrogens with zero attached hydrogens (tertiary/aromatic N) is 2. The Labute approximate surface area is 199 Å². The molecule has 7 heteroatoms. The van der Waals surface area contributed by atoms with Gasteiger partial charge in [0, 0.05) is 31.7 Å². The van der Waals surface area contributed by atoms with E-state index in [1.807, 2.05) is 31.2 Å². The summed E-state index contributed by atoms with van der Waals surface area (Å²) in [5.41, 5.74) is 2.39. The lowest BCUT2D eigenvalue weighted by Crippen LogP contribution is -2.42. The SMILES string of the molecule is C=CCOc1ccc([C@@H]2C(=C(O)c3ccc(C)cc3)C(=O)C(=O)N2CCN2CCOCC2)cc1. The van der Waals surface area contributed by atoms with Gasteiger partial charge in [0.15, 0.2) is 0 Å². The molecule has 0 unspecified atom stereocenters. The maximum absolute atomic E-state index is 13.2. The molecular formula is C27H30N2O5. The van der Waals surface area contributed by atoms with Crippen LogP contribution in [0.15, 0.2) is 66.8 Å². The van der Waals surface area contributed by atoms with E-state index in [-0.39, 0.29) is 11.3 Å². The van der Waals surface area contributed by atoms with Crippen LogP contribution >= 0.6 is 0 Å². The lowest BCUT2D eigenvalue weighted by atomic mass is 9.95. The zero-order chi connectivity index (χ0) is 24.1. The first kappa shape index (κ1) is 23.7. The van der Waals surface area contributed by atoms with Crippen molar-refractivity contribution < 1.29 is 24.2 Å². The third kappa shape index (κ3) is 5.05. The summed E-state index contributed by atoms with van der Waals surface area (Å²) >= 11 is 0. The summed E-state index contributed by atoms with van der Waals surface area (Å²) in [6, 6.07) is 13.8. The fourth-order valence-electron chi connectivity index (χ4n) is 4.30. The minimum atomic E-state index is -0.684. The molecule has 0 spiro atoms. The largest absolute Gasteiger partial charge is 0.507 e. The molecule has 2 saturated heterocycles. The Balaban J connectivity index is 1.70. The van der Waals surface area contributed by atoms with Crippen molar-refractivity contribution in [1.82, 2.24) is 9.80 Å². The number of aliphatic hydroxyl groups excluding tert-OH is 1. The van der Waals surface area contributed by atoms with Crippen LogP contribution in [0.2, 0.25) is 0 Å². The van der Waals surface area contributed by atoms with Gasteiger partial charge in [0.1, 0.15) is 18.1 Å². The molecule has 0 bridgehead atoms. The third-order valence-electron chi connectivity index (χ3n) is 6.19. The smallest absolute Gasteiger partial charge is 0.295 e. The first-order valence-corrected chi connectivity index (χ1v) is 11.5. The van der Waals surface area contributed by atoms with Crippen LogP contribution in [-0.2, 0) is 14.3 Å². The molecule has 0 aliphatic carbocycles. The number of carbonyl (C=O) groups excluding carboxylic acids is 2. The number of ether oxygens (including phenoxy) is 2. The number of rotatable bonds is 8. The number of likely N-dealkylation sites (tertiary alicyclic amines) is 1. The van der Waals surface area contributed by atoms with E-state index < -0.39 is 17.7 Å². The molecule has 0 radical (unpaired) electrons. The average molecular weight is 463 g/mol. The minimum Gasteiger partial charge on any atom is -0.507 e. The van der Waals surface area contributed by atoms with Gasteiger partial charge in [-0.3, -0.25) is 14.5 Å². The summed E-state index contributed by atoms with van der Waals surface area (Å²) in [7, 11) is 0. The van der Waals surface area contributed by atoms with Crippen LogP contribution in [-0.4, -0.2) is 72.6 Å². The van der Waals surface area contributed by atoms with Crippen molar-refractivity contribution in [3.05, 3.63) is 83.4 Å². The van der Waals surface area contributed by atoms with E-state index in [0.29, 0.717) is 44.2 Å². The molecule has 178 valence electrons. The topological polar surface area (TPSA) is 79.3 Å². The Hall–Kier alpha value is -3.42. The van der Waals surface area contributed by atoms with Crippen molar-refractivity contribution in [2.75, 3.05) is 46.0 Å². The van der Waals surface area contributed by atoms with Crippen molar-refractivity contribution in [2.45, 2.75) is 13.0 Å². The van der Waals surface area contributed by atoms with Gasteiger partial charge in [-0.25, -0.2) is 0 Å². The lowest BCUT2D eigenvalue weighted by molar-refractivity contribution is -0.140. The van der Waals surface area contributed by atoms with Gasteiger partial charge in [-0.15, -0.1) is 0 Å². The first-order valence-electron chi connectivity index (χ1n) is 11.5. The van der Waals surface area contributed by atoms with Gasteiger partial charge in [0.2, 0.25) is 0 Å². The van der Waals surface area contributed by atoms with E-state index in [1.165, 1.54) is 0 Å². The number of ketones is 1. The number of hydrogen-bond acceptors (Lipinski definition) is 6. The van der Waals surface area contributed by atoms with Crippen molar-refractivity contribution in [3.63, 3.8) is 0 Å². The Kier molecular flexibility index (Phi) is 7.45. The number of amides is 1. The van der Waals surface area contributed by atoms with E-state index >= 15 is 0 Å². The second-order valence-electron chi connectivity index (χ2n) is 8.48. The zero-order valence-corrected chi connectivity index (χ0v) is 19.4. The summed E-state index contributed by atoms with van der Waals surface area (Å²) in [5, 5.41) is 11.2. The summed E-state index contributed by atoms with van der Waals surface area (Å²) < 4.78 is 11.0. The summed E-state index contributed by atoms with van der Waals surface area (Å²) in [5.74, 6) is -0.771. The number of aryl methyl sites for hydroxylation is 1. The van der Waals surface area contributed by atoms with Crippen LogP contribution in [0.3, 0.4) is 0 Å². The number of benzene rings is 2. The summed E-state index contributed by atoms with van der Waals surface area (Å²) in [6.45, 7) is 9.85. The average Bonchev–Trinajstić information content (AvgIpc) is 3.12. The third-order valence-corrected chi connectivity index (χ3v) is 6.19. The molecule has 34 heavy (non-hydrogen) atoms. The molecule has 1 atom stereocenters. The molecule has 4 rings (SSSR count). The Morgan fingerprint density at radius 1 is 1.09 bits per heavy atom. The number of Topliss-reactive ketones (excluding diaryl/α,β-unsaturated/α-hetero) is 1. The Morgan fingerprint density at radius 2 is 1.76 bits per heavy atom. The lowest BCUT2D eigenvalue weighted by Gasteiger charge is -2.31. The van der Waals surface area contributed by atoms with Gasteiger partial charge in [-0.05, 0) is 24.6 Å². The second kappa shape index (κ2) is 10.7. The fourth-order valence-corrected chi connectivity index (χ4v) is 4.30. The summed E-state index contributed by atoms with van der Waals surface area (Å²) in [4.78, 5) is 30.1. The van der Waals surface area contributed by atoms with Crippen LogP contribution in [0.5, 0.6) is 5.75 Å². The second-order valence-corrected chi connectivity index (χ2v) is 8.48. The maximum atomic E-state index is 13.2. The zero-order valence-electron chi connectivity index (χ0n) is 19.4. The standard InChI is InChI=1S/C27H30N2O5/c1-3-16-34-22-10-8-20(9-11-22)24-23(25(30)21-6-4-19(2)5-7-21)26(31)27(32)29(24)13-12-28-14-17-33-18-15-28/h3-11,24,30H,1,12-18H2,2H3/t24-/m1/s1. The number of carbonyl (C=O) groups is 2. The highest BCUT2D eigenvalue weighted by Crippen LogP contribution is 2.39. The normalized spacial score (nSPS) is 20.5. The van der Waals surface area contributed by atoms with Gasteiger partial charge in [-0.2, -0.15) is 0 Å². The van der Waals surface area contributed by atoms with Gasteiger partial charge < -0.3 is 19.5 Å². The van der Waals surface area contributed by atoms with Crippen LogP contribution < -0.4 is 4.74 Å². The highest BCUT2D eigenvalue weighted by Gasteiger charge is 2.46. The van der Waals surface area contributed by atoms with Gasteiger partial charge >= 0.3 is 0 Å². The molecule has 1 amide bonds. The highest BCUT2D eigenvalue weighted by molar-refractivity contribution is 6.46. The molecule has 2 heterocycles. The van der Waals surface area contributed by atoms with E-state index in [0.717, 1.165) is 24.2 Å². The molecule has 7 nitrogen and oxygen atoms in total. The number of morpholine rings is 1. The van der Waals surface area contributed by atoms with Crippen molar-refractivity contribution >= 4 is 17.4 Å². The molecule has 0 saturated carbocycles. The molecule has 1 N–H and O–H groups in total. The van der Waals surface area contributed by atoms with Crippen molar-refractivity contribution in [2.24, 2.45) is 0 Å². The van der Waals surface area contributed by atoms with Crippen molar-refractivity contribution in [1.29, 1.82) is 0 Å². The predicted octanol–water partition coefficient (Wildman–Crippen LogP) is 3.31. The van der Waals surface area contributed by atoms with Gasteiger partial charge in [0.25, 0.3) is 11.7 Å². The summed E-state index contributed by atoms with van der Waals surface area (Å²) in [6.07, 6.45) is 1.66. The molecule has 2 aromatic rings. The first-order chi connectivity index (χ1) is 16.5. The van der Waals surface area contributed by atoms with Crippen LogP contribution in [0.4, 0.5) is 0 Å². The van der Waals surface area contributed by atoms with E-state index in [1.54, 1.807) is 35.2 Å².